The third-order valence-corrected chi connectivity index (χ3v) is 7.31. The molecule has 2 aromatic rings. The molecule has 1 aliphatic rings. The quantitative estimate of drug-likeness (QED) is 0.111. The van der Waals surface area contributed by atoms with Gasteiger partial charge in [-0.15, -0.1) is 0 Å². The van der Waals surface area contributed by atoms with Gasteiger partial charge in [0.2, 0.25) is 0 Å². The predicted molar refractivity (Wildman–Crippen MR) is 165 cm³/mol. The Hall–Kier alpha value is -3.67. The second kappa shape index (κ2) is 20.4. The van der Waals surface area contributed by atoms with Gasteiger partial charge in [-0.25, -0.2) is 9.59 Å². The number of carbonyl (C=O) groups excluding carboxylic acids is 3. The highest BCUT2D eigenvalue weighted by Crippen LogP contribution is 2.26. The van der Waals surface area contributed by atoms with Crippen molar-refractivity contribution in [1.82, 2.24) is 0 Å². The molecule has 0 bridgehead atoms. The number of methoxy groups -OCH3 is 1. The molecule has 0 saturated heterocycles. The first-order chi connectivity index (χ1) is 21.9. The van der Waals surface area contributed by atoms with Gasteiger partial charge in [0.1, 0.15) is 36.9 Å². The second-order valence-corrected chi connectivity index (χ2v) is 10.6. The zero-order valence-corrected chi connectivity index (χ0v) is 26.5. The molecule has 0 aromatic heterocycles. The summed E-state index contributed by atoms with van der Waals surface area (Å²) in [6, 6.07) is 13.6. The van der Waals surface area contributed by atoms with Crippen LogP contribution in [-0.4, -0.2) is 90.1 Å². The monoisotopic (exact) mass is 630 g/mol. The molecule has 1 aliphatic carbocycles. The number of hydrogen-bond acceptors (Lipinski definition) is 11. The summed E-state index contributed by atoms with van der Waals surface area (Å²) in [4.78, 5) is 36.6. The lowest BCUT2D eigenvalue weighted by Crippen LogP contribution is -2.29. The molecule has 0 spiro atoms. The SMILES string of the molecule is CCC(C)C(=O)OCCOCCOCCOCCOc1ccc(C(=O)OC2CCC(OC(=O)c3ccc(OC)cc3)CC2)cc1. The Labute approximate surface area is 265 Å². The van der Waals surface area contributed by atoms with Crippen LogP contribution in [-0.2, 0) is 33.2 Å². The van der Waals surface area contributed by atoms with Crippen molar-refractivity contribution in [2.45, 2.75) is 58.2 Å². The summed E-state index contributed by atoms with van der Waals surface area (Å²) in [5, 5.41) is 0. The molecule has 45 heavy (non-hydrogen) atoms. The molecule has 11 nitrogen and oxygen atoms in total. The largest absolute Gasteiger partial charge is 0.497 e. The average Bonchev–Trinajstić information content (AvgIpc) is 3.07. The Morgan fingerprint density at radius 3 is 1.51 bits per heavy atom. The molecule has 1 saturated carbocycles. The van der Waals surface area contributed by atoms with E-state index < -0.39 is 0 Å². The Morgan fingerprint density at radius 1 is 0.644 bits per heavy atom. The fourth-order valence-electron chi connectivity index (χ4n) is 4.39. The van der Waals surface area contributed by atoms with Gasteiger partial charge in [0.25, 0.3) is 0 Å². The van der Waals surface area contributed by atoms with Gasteiger partial charge < -0.3 is 37.9 Å². The standard InChI is InChI=1S/C34H46O11/c1-4-25(2)32(35)43-24-22-41-20-18-39-17-19-40-21-23-42-29-11-7-27(8-12-29)34(37)45-31-15-13-30(14-16-31)44-33(36)26-5-9-28(38-3)10-6-26/h5-12,25,30-31H,4,13-24H2,1-3H3. The van der Waals surface area contributed by atoms with Crippen molar-refractivity contribution in [2.75, 3.05) is 60.0 Å². The molecule has 3 rings (SSSR count). The van der Waals surface area contributed by atoms with E-state index in [9.17, 15) is 14.4 Å². The lowest BCUT2D eigenvalue weighted by Gasteiger charge is -2.28. The van der Waals surface area contributed by atoms with Gasteiger partial charge >= 0.3 is 17.9 Å². The van der Waals surface area contributed by atoms with Crippen LogP contribution in [0, 0.1) is 5.92 Å². The first kappa shape index (κ1) is 35.8. The summed E-state index contributed by atoms with van der Waals surface area (Å²) in [6.45, 7) is 6.82. The highest BCUT2D eigenvalue weighted by molar-refractivity contribution is 5.90. The molecule has 0 heterocycles. The van der Waals surface area contributed by atoms with Gasteiger partial charge in [-0.2, -0.15) is 0 Å². The smallest absolute Gasteiger partial charge is 0.338 e. The molecule has 0 amide bonds. The molecular weight excluding hydrogens is 584 g/mol. The van der Waals surface area contributed by atoms with Crippen molar-refractivity contribution >= 4 is 17.9 Å². The Bertz CT molecular complexity index is 1140. The van der Waals surface area contributed by atoms with Gasteiger partial charge in [-0.1, -0.05) is 13.8 Å². The number of ether oxygens (including phenoxy) is 8. The van der Waals surface area contributed by atoms with Gasteiger partial charge in [0.05, 0.1) is 63.8 Å². The van der Waals surface area contributed by atoms with E-state index in [-0.39, 0.29) is 42.6 Å². The van der Waals surface area contributed by atoms with Crippen LogP contribution in [0.4, 0.5) is 0 Å². The summed E-state index contributed by atoms with van der Waals surface area (Å²) in [5.41, 5.74) is 0.920. The number of benzene rings is 2. The van der Waals surface area contributed by atoms with Crippen molar-refractivity contribution in [3.63, 3.8) is 0 Å². The summed E-state index contributed by atoms with van der Waals surface area (Å²) in [5.74, 6) is 0.252. The van der Waals surface area contributed by atoms with E-state index >= 15 is 0 Å². The van der Waals surface area contributed by atoms with Crippen molar-refractivity contribution in [3.05, 3.63) is 59.7 Å². The van der Waals surface area contributed by atoms with Crippen LogP contribution in [0.3, 0.4) is 0 Å². The van der Waals surface area contributed by atoms with Crippen molar-refractivity contribution in [1.29, 1.82) is 0 Å². The molecule has 0 radical (unpaired) electrons. The number of esters is 3. The molecule has 11 heteroatoms. The van der Waals surface area contributed by atoms with Gasteiger partial charge in [-0.05, 0) is 80.6 Å². The minimum Gasteiger partial charge on any atom is -0.497 e. The van der Waals surface area contributed by atoms with Crippen LogP contribution in [0.2, 0.25) is 0 Å². The maximum atomic E-state index is 12.6. The van der Waals surface area contributed by atoms with Crippen LogP contribution < -0.4 is 9.47 Å². The summed E-state index contributed by atoms with van der Waals surface area (Å²) >= 11 is 0. The van der Waals surface area contributed by atoms with Gasteiger partial charge in [0, 0.05) is 0 Å². The maximum absolute atomic E-state index is 12.6. The minimum atomic E-state index is -0.390. The Balaban J connectivity index is 1.18. The number of rotatable bonds is 20. The fourth-order valence-corrected chi connectivity index (χ4v) is 4.39. The van der Waals surface area contributed by atoms with E-state index in [0.29, 0.717) is 94.6 Å². The Morgan fingerprint density at radius 2 is 1.07 bits per heavy atom. The molecule has 1 unspecified atom stereocenters. The molecular formula is C34H46O11. The molecule has 248 valence electrons. The Kier molecular flexibility index (Phi) is 16.2. The van der Waals surface area contributed by atoms with Crippen molar-refractivity contribution in [3.8, 4) is 11.5 Å². The van der Waals surface area contributed by atoms with Crippen molar-refractivity contribution < 1.29 is 52.3 Å². The zero-order chi connectivity index (χ0) is 32.3. The van der Waals surface area contributed by atoms with Crippen LogP contribution in [0.5, 0.6) is 11.5 Å². The normalized spacial score (nSPS) is 16.8. The molecule has 1 fully saturated rings. The topological polar surface area (TPSA) is 125 Å². The fraction of sp³-hybridized carbons (Fsp3) is 0.559. The third kappa shape index (κ3) is 13.5. The van der Waals surface area contributed by atoms with Crippen LogP contribution in [0.25, 0.3) is 0 Å². The molecule has 0 aliphatic heterocycles. The molecule has 0 N–H and O–H groups in total. The third-order valence-electron chi connectivity index (χ3n) is 7.31. The first-order valence-electron chi connectivity index (χ1n) is 15.6. The number of carbonyl (C=O) groups is 3. The molecule has 2 aromatic carbocycles. The maximum Gasteiger partial charge on any atom is 0.338 e. The summed E-state index contributed by atoms with van der Waals surface area (Å²) in [7, 11) is 1.57. The van der Waals surface area contributed by atoms with Gasteiger partial charge in [0.15, 0.2) is 0 Å². The van der Waals surface area contributed by atoms with E-state index in [1.807, 2.05) is 13.8 Å². The summed E-state index contributed by atoms with van der Waals surface area (Å²) < 4.78 is 43.6. The molecule has 1 atom stereocenters. The van der Waals surface area contributed by atoms with E-state index in [1.165, 1.54) is 0 Å². The van der Waals surface area contributed by atoms with E-state index in [0.717, 1.165) is 6.42 Å². The lowest BCUT2D eigenvalue weighted by molar-refractivity contribution is -0.149. The van der Waals surface area contributed by atoms with Crippen LogP contribution in [0.15, 0.2) is 48.5 Å². The second-order valence-electron chi connectivity index (χ2n) is 10.6. The van der Waals surface area contributed by atoms with Crippen LogP contribution in [0.1, 0.15) is 66.7 Å². The first-order valence-corrected chi connectivity index (χ1v) is 15.6. The highest BCUT2D eigenvalue weighted by Gasteiger charge is 2.27. The number of hydrogen-bond donors (Lipinski definition) is 0. The van der Waals surface area contributed by atoms with E-state index in [2.05, 4.69) is 0 Å². The predicted octanol–water partition coefficient (Wildman–Crippen LogP) is 5.04. The van der Waals surface area contributed by atoms with Gasteiger partial charge in [-0.3, -0.25) is 4.79 Å². The summed E-state index contributed by atoms with van der Waals surface area (Å²) in [6.07, 6.45) is 2.86. The highest BCUT2D eigenvalue weighted by atomic mass is 16.6. The van der Waals surface area contributed by atoms with E-state index in [1.54, 1.807) is 55.6 Å². The average molecular weight is 631 g/mol. The minimum absolute atomic E-state index is 0.0906. The zero-order valence-electron chi connectivity index (χ0n) is 26.5. The van der Waals surface area contributed by atoms with E-state index in [4.69, 9.17) is 37.9 Å². The van der Waals surface area contributed by atoms with Crippen molar-refractivity contribution in [2.24, 2.45) is 5.92 Å². The lowest BCUT2D eigenvalue weighted by atomic mass is 9.95. The van der Waals surface area contributed by atoms with Crippen LogP contribution >= 0.6 is 0 Å².